The summed E-state index contributed by atoms with van der Waals surface area (Å²) >= 11 is 6.00. The summed E-state index contributed by atoms with van der Waals surface area (Å²) in [7, 11) is 0. The van der Waals surface area contributed by atoms with E-state index in [1.165, 1.54) is 12.8 Å². The van der Waals surface area contributed by atoms with E-state index in [4.69, 9.17) is 11.6 Å². The second kappa shape index (κ2) is 4.94. The molecule has 0 aliphatic heterocycles. The molecule has 1 rings (SSSR count). The van der Waals surface area contributed by atoms with Crippen molar-refractivity contribution in [1.82, 2.24) is 5.32 Å². The van der Waals surface area contributed by atoms with Crippen LogP contribution in [0.1, 0.15) is 19.3 Å². The van der Waals surface area contributed by atoms with Crippen LogP contribution in [-0.4, -0.2) is 25.1 Å². The molecule has 0 radical (unpaired) electrons. The van der Waals surface area contributed by atoms with E-state index in [1.807, 2.05) is 0 Å². The Morgan fingerprint density at radius 2 is 2.27 bits per heavy atom. The summed E-state index contributed by atoms with van der Waals surface area (Å²) in [5, 5.41) is 3.41. The van der Waals surface area contributed by atoms with Gasteiger partial charge in [-0.2, -0.15) is 0 Å². The molecule has 0 aromatic heterocycles. The fraction of sp³-hybridized carbons (Fsp3) is 1.00. The third kappa shape index (κ3) is 3.92. The lowest BCUT2D eigenvalue weighted by Gasteiger charge is -2.07. The molecule has 1 aliphatic rings. The predicted molar refractivity (Wildman–Crippen MR) is 45.8 cm³/mol. The quantitative estimate of drug-likeness (QED) is 0.486. The van der Waals surface area contributed by atoms with E-state index in [0.29, 0.717) is 6.42 Å². The average molecular weight is 180 g/mol. The summed E-state index contributed by atoms with van der Waals surface area (Å²) in [5.74, 6) is 0.731. The van der Waals surface area contributed by atoms with Crippen molar-refractivity contribution >= 4 is 11.6 Å². The summed E-state index contributed by atoms with van der Waals surface area (Å²) in [6, 6.07) is 0. The van der Waals surface area contributed by atoms with E-state index in [1.54, 1.807) is 0 Å². The van der Waals surface area contributed by atoms with Crippen molar-refractivity contribution in [2.24, 2.45) is 5.92 Å². The first-order chi connectivity index (χ1) is 5.34. The molecule has 1 unspecified atom stereocenters. The van der Waals surface area contributed by atoms with E-state index >= 15 is 0 Å². The topological polar surface area (TPSA) is 12.0 Å². The number of nitrogens with one attached hydrogen (secondary N) is 1. The molecule has 0 aromatic carbocycles. The van der Waals surface area contributed by atoms with E-state index in [9.17, 15) is 4.39 Å². The molecule has 3 heteroatoms. The molecule has 1 saturated carbocycles. The first kappa shape index (κ1) is 9.27. The van der Waals surface area contributed by atoms with Gasteiger partial charge in [0.2, 0.25) is 0 Å². The van der Waals surface area contributed by atoms with Crippen LogP contribution in [0.2, 0.25) is 0 Å². The SMILES string of the molecule is FCCCNCC(Cl)C1CC1. The maximum Gasteiger partial charge on any atom is 0.0906 e. The van der Waals surface area contributed by atoms with Crippen molar-refractivity contribution in [3.8, 4) is 0 Å². The number of halogens is 2. The Balaban J connectivity index is 1.85. The van der Waals surface area contributed by atoms with Crippen LogP contribution >= 0.6 is 11.6 Å². The Labute approximate surface area is 72.3 Å². The van der Waals surface area contributed by atoms with Crippen molar-refractivity contribution in [1.29, 1.82) is 0 Å². The molecule has 66 valence electrons. The lowest BCUT2D eigenvalue weighted by atomic mass is 10.3. The van der Waals surface area contributed by atoms with Crippen LogP contribution in [0, 0.1) is 5.92 Å². The minimum absolute atomic E-state index is 0.233. The monoisotopic (exact) mass is 179 g/mol. The fourth-order valence-electron chi connectivity index (χ4n) is 1.06. The van der Waals surface area contributed by atoms with Gasteiger partial charge in [0.1, 0.15) is 0 Å². The summed E-state index contributed by atoms with van der Waals surface area (Å²) in [4.78, 5) is 0. The highest BCUT2D eigenvalue weighted by atomic mass is 35.5. The largest absolute Gasteiger partial charge is 0.315 e. The van der Waals surface area contributed by atoms with Gasteiger partial charge in [-0.1, -0.05) is 0 Å². The van der Waals surface area contributed by atoms with Gasteiger partial charge < -0.3 is 5.32 Å². The summed E-state index contributed by atoms with van der Waals surface area (Å²) in [5.41, 5.74) is 0. The number of hydrogen-bond acceptors (Lipinski definition) is 1. The maximum absolute atomic E-state index is 11.6. The Bertz CT molecular complexity index is 106. The van der Waals surface area contributed by atoms with Crippen molar-refractivity contribution < 1.29 is 4.39 Å². The van der Waals surface area contributed by atoms with Gasteiger partial charge >= 0.3 is 0 Å². The minimum Gasteiger partial charge on any atom is -0.315 e. The Hall–Kier alpha value is 0.180. The molecule has 0 spiro atoms. The molecular weight excluding hydrogens is 165 g/mol. The van der Waals surface area contributed by atoms with Crippen LogP contribution in [0.3, 0.4) is 0 Å². The van der Waals surface area contributed by atoms with Crippen LogP contribution in [0.25, 0.3) is 0 Å². The van der Waals surface area contributed by atoms with Gasteiger partial charge in [-0.05, 0) is 31.7 Å². The molecular formula is C8H15ClFN. The molecule has 0 heterocycles. The van der Waals surface area contributed by atoms with E-state index in [0.717, 1.165) is 19.0 Å². The third-order valence-electron chi connectivity index (χ3n) is 1.96. The van der Waals surface area contributed by atoms with Gasteiger partial charge in [0.05, 0.1) is 6.67 Å². The molecule has 1 atom stereocenters. The average Bonchev–Trinajstić information content (AvgIpc) is 2.79. The van der Waals surface area contributed by atoms with E-state index in [2.05, 4.69) is 5.32 Å². The molecule has 11 heavy (non-hydrogen) atoms. The Morgan fingerprint density at radius 3 is 2.82 bits per heavy atom. The predicted octanol–water partition coefficient (Wildman–Crippen LogP) is 1.95. The summed E-state index contributed by atoms with van der Waals surface area (Å²) in [6.07, 6.45) is 3.16. The van der Waals surface area contributed by atoms with Gasteiger partial charge in [-0.3, -0.25) is 4.39 Å². The minimum atomic E-state index is -0.233. The van der Waals surface area contributed by atoms with Crippen LogP contribution in [0.15, 0.2) is 0 Å². The zero-order chi connectivity index (χ0) is 8.10. The molecule has 0 saturated heterocycles. The number of hydrogen-bond donors (Lipinski definition) is 1. The summed E-state index contributed by atoms with van der Waals surface area (Å²) < 4.78 is 11.6. The normalized spacial score (nSPS) is 20.2. The maximum atomic E-state index is 11.6. The van der Waals surface area contributed by atoms with Gasteiger partial charge in [0, 0.05) is 11.9 Å². The van der Waals surface area contributed by atoms with Gasteiger partial charge in [0.15, 0.2) is 0 Å². The number of rotatable bonds is 6. The van der Waals surface area contributed by atoms with Crippen LogP contribution in [0.4, 0.5) is 4.39 Å². The van der Waals surface area contributed by atoms with Gasteiger partial charge in [-0.15, -0.1) is 11.6 Å². The Morgan fingerprint density at radius 1 is 1.55 bits per heavy atom. The van der Waals surface area contributed by atoms with Crippen molar-refractivity contribution in [2.45, 2.75) is 24.6 Å². The van der Waals surface area contributed by atoms with Crippen molar-refractivity contribution in [3.63, 3.8) is 0 Å². The second-order valence-electron chi connectivity index (χ2n) is 3.10. The van der Waals surface area contributed by atoms with Gasteiger partial charge in [0.25, 0.3) is 0 Å². The van der Waals surface area contributed by atoms with Gasteiger partial charge in [-0.25, -0.2) is 0 Å². The lowest BCUT2D eigenvalue weighted by Crippen LogP contribution is -2.25. The zero-order valence-corrected chi connectivity index (χ0v) is 7.41. The highest BCUT2D eigenvalue weighted by Gasteiger charge is 2.28. The number of alkyl halides is 2. The highest BCUT2D eigenvalue weighted by molar-refractivity contribution is 6.21. The zero-order valence-electron chi connectivity index (χ0n) is 6.65. The molecule has 0 amide bonds. The first-order valence-electron chi connectivity index (χ1n) is 4.25. The highest BCUT2D eigenvalue weighted by Crippen LogP contribution is 2.35. The third-order valence-corrected chi connectivity index (χ3v) is 2.47. The standard InChI is InChI=1S/C8H15ClFN/c9-8(7-2-3-7)6-11-5-1-4-10/h7-8,11H,1-6H2. The molecule has 0 aromatic rings. The molecule has 1 nitrogen and oxygen atoms in total. The second-order valence-corrected chi connectivity index (χ2v) is 3.66. The molecule has 0 bridgehead atoms. The first-order valence-corrected chi connectivity index (χ1v) is 4.69. The van der Waals surface area contributed by atoms with Crippen molar-refractivity contribution in [2.75, 3.05) is 19.8 Å². The van der Waals surface area contributed by atoms with E-state index in [-0.39, 0.29) is 12.1 Å². The van der Waals surface area contributed by atoms with Crippen LogP contribution in [-0.2, 0) is 0 Å². The van der Waals surface area contributed by atoms with Crippen molar-refractivity contribution in [3.05, 3.63) is 0 Å². The lowest BCUT2D eigenvalue weighted by molar-refractivity contribution is 0.457. The summed E-state index contributed by atoms with van der Waals surface area (Å²) in [6.45, 7) is 1.36. The fourth-order valence-corrected chi connectivity index (χ4v) is 1.42. The van der Waals surface area contributed by atoms with Crippen LogP contribution in [0.5, 0.6) is 0 Å². The molecule has 1 fully saturated rings. The smallest absolute Gasteiger partial charge is 0.0906 e. The molecule has 1 aliphatic carbocycles. The van der Waals surface area contributed by atoms with E-state index < -0.39 is 0 Å². The van der Waals surface area contributed by atoms with Crippen LogP contribution < -0.4 is 5.32 Å². The Kier molecular flexibility index (Phi) is 4.16. The molecule has 1 N–H and O–H groups in total.